The standard InChI is InChI=1S/C14H19NO2/c1-4-11(5-2)14(17)12-6-8-13(9-7-12)15-10(3)16/h6-9,11H,4-5H2,1-3H3,(H,15,16). The lowest BCUT2D eigenvalue weighted by atomic mass is 9.93. The van der Waals surface area contributed by atoms with E-state index in [4.69, 9.17) is 0 Å². The molecule has 0 aromatic heterocycles. The van der Waals surface area contributed by atoms with Gasteiger partial charge in [0.1, 0.15) is 0 Å². The van der Waals surface area contributed by atoms with Gasteiger partial charge in [-0.15, -0.1) is 0 Å². The number of rotatable bonds is 5. The lowest BCUT2D eigenvalue weighted by Crippen LogP contribution is -2.13. The first kappa shape index (κ1) is 13.4. The molecule has 3 nitrogen and oxygen atoms in total. The SMILES string of the molecule is CCC(CC)C(=O)c1ccc(NC(C)=O)cc1. The third kappa shape index (κ3) is 3.70. The fourth-order valence-corrected chi connectivity index (χ4v) is 1.82. The second-order valence-corrected chi connectivity index (χ2v) is 4.14. The number of hydrogen-bond donors (Lipinski definition) is 1. The van der Waals surface area contributed by atoms with Crippen LogP contribution >= 0.6 is 0 Å². The van der Waals surface area contributed by atoms with Crippen LogP contribution in [0, 0.1) is 5.92 Å². The maximum absolute atomic E-state index is 12.1. The predicted octanol–water partition coefficient (Wildman–Crippen LogP) is 3.26. The summed E-state index contributed by atoms with van der Waals surface area (Å²) in [5.74, 6) is 0.176. The molecule has 0 heterocycles. The smallest absolute Gasteiger partial charge is 0.221 e. The molecule has 1 aromatic rings. The van der Waals surface area contributed by atoms with E-state index in [0.29, 0.717) is 5.56 Å². The Hall–Kier alpha value is -1.64. The first-order chi connectivity index (χ1) is 8.08. The van der Waals surface area contributed by atoms with Crippen molar-refractivity contribution in [1.82, 2.24) is 0 Å². The summed E-state index contributed by atoms with van der Waals surface area (Å²) >= 11 is 0. The molecule has 92 valence electrons. The normalized spacial score (nSPS) is 10.4. The third-order valence-corrected chi connectivity index (χ3v) is 2.85. The number of hydrogen-bond acceptors (Lipinski definition) is 2. The summed E-state index contributed by atoms with van der Waals surface area (Å²) in [4.78, 5) is 22.9. The van der Waals surface area contributed by atoms with Crippen LogP contribution in [0.3, 0.4) is 0 Å². The number of anilines is 1. The molecule has 0 aliphatic heterocycles. The molecular weight excluding hydrogens is 214 g/mol. The summed E-state index contributed by atoms with van der Waals surface area (Å²) in [7, 11) is 0. The van der Waals surface area contributed by atoms with Gasteiger partial charge in [0.2, 0.25) is 5.91 Å². The van der Waals surface area contributed by atoms with E-state index >= 15 is 0 Å². The van der Waals surface area contributed by atoms with Crippen molar-refractivity contribution in [3.05, 3.63) is 29.8 Å². The molecule has 0 saturated heterocycles. The first-order valence-corrected chi connectivity index (χ1v) is 6.00. The molecule has 1 N–H and O–H groups in total. The molecule has 1 amide bonds. The van der Waals surface area contributed by atoms with E-state index in [1.165, 1.54) is 6.92 Å². The van der Waals surface area contributed by atoms with Crippen molar-refractivity contribution < 1.29 is 9.59 Å². The number of Topliss-reactive ketones (excluding diaryl/α,β-unsaturated/α-hetero) is 1. The molecule has 3 heteroatoms. The minimum absolute atomic E-state index is 0.0987. The van der Waals surface area contributed by atoms with Crippen LogP contribution in [0.1, 0.15) is 44.0 Å². The number of benzene rings is 1. The Balaban J connectivity index is 2.80. The highest BCUT2D eigenvalue weighted by Crippen LogP contribution is 2.17. The van der Waals surface area contributed by atoms with Crippen molar-refractivity contribution in [2.45, 2.75) is 33.6 Å². The monoisotopic (exact) mass is 233 g/mol. The molecule has 0 bridgehead atoms. The zero-order valence-corrected chi connectivity index (χ0v) is 10.6. The largest absolute Gasteiger partial charge is 0.326 e. The Kier molecular flexibility index (Phi) is 4.88. The highest BCUT2D eigenvalue weighted by molar-refractivity contribution is 5.98. The van der Waals surface area contributed by atoms with Crippen molar-refractivity contribution in [1.29, 1.82) is 0 Å². The number of carbonyl (C=O) groups excluding carboxylic acids is 2. The maximum atomic E-state index is 12.1. The molecule has 0 radical (unpaired) electrons. The molecular formula is C14H19NO2. The highest BCUT2D eigenvalue weighted by Gasteiger charge is 2.15. The summed E-state index contributed by atoms with van der Waals surface area (Å²) in [5, 5.41) is 2.68. The summed E-state index contributed by atoms with van der Waals surface area (Å²) in [6.45, 7) is 5.51. The van der Waals surface area contributed by atoms with Crippen LogP contribution in [-0.2, 0) is 4.79 Å². The zero-order valence-electron chi connectivity index (χ0n) is 10.6. The van der Waals surface area contributed by atoms with Gasteiger partial charge >= 0.3 is 0 Å². The van der Waals surface area contributed by atoms with Gasteiger partial charge in [0.15, 0.2) is 5.78 Å². The van der Waals surface area contributed by atoms with Crippen LogP contribution < -0.4 is 5.32 Å². The van der Waals surface area contributed by atoms with Crippen LogP contribution in [0.4, 0.5) is 5.69 Å². The average Bonchev–Trinajstić information content (AvgIpc) is 2.30. The van der Waals surface area contributed by atoms with Crippen molar-refractivity contribution >= 4 is 17.4 Å². The van der Waals surface area contributed by atoms with Gasteiger partial charge in [-0.3, -0.25) is 9.59 Å². The van der Waals surface area contributed by atoms with Crippen LogP contribution in [0.5, 0.6) is 0 Å². The molecule has 0 unspecified atom stereocenters. The van der Waals surface area contributed by atoms with E-state index in [0.717, 1.165) is 18.5 Å². The highest BCUT2D eigenvalue weighted by atomic mass is 16.1. The predicted molar refractivity (Wildman–Crippen MR) is 69.1 cm³/mol. The van der Waals surface area contributed by atoms with E-state index in [2.05, 4.69) is 5.32 Å². The van der Waals surface area contributed by atoms with Crippen molar-refractivity contribution in [3.8, 4) is 0 Å². The van der Waals surface area contributed by atoms with Gasteiger partial charge in [0, 0.05) is 24.1 Å². The van der Waals surface area contributed by atoms with E-state index in [9.17, 15) is 9.59 Å². The Morgan fingerprint density at radius 1 is 1.12 bits per heavy atom. The minimum Gasteiger partial charge on any atom is -0.326 e. The number of amides is 1. The second kappa shape index (κ2) is 6.18. The zero-order chi connectivity index (χ0) is 12.8. The Bertz CT molecular complexity index is 391. The second-order valence-electron chi connectivity index (χ2n) is 4.14. The average molecular weight is 233 g/mol. The van der Waals surface area contributed by atoms with Crippen molar-refractivity contribution in [3.63, 3.8) is 0 Å². The molecule has 0 aliphatic rings. The number of nitrogens with one attached hydrogen (secondary N) is 1. The van der Waals surface area contributed by atoms with Gasteiger partial charge in [-0.05, 0) is 37.1 Å². The molecule has 0 saturated carbocycles. The van der Waals surface area contributed by atoms with Gasteiger partial charge < -0.3 is 5.32 Å². The van der Waals surface area contributed by atoms with E-state index in [1.807, 2.05) is 13.8 Å². The quantitative estimate of drug-likeness (QED) is 0.793. The Labute approximate surface area is 102 Å². The third-order valence-electron chi connectivity index (χ3n) is 2.85. The summed E-state index contributed by atoms with van der Waals surface area (Å²) < 4.78 is 0. The molecule has 0 fully saturated rings. The molecule has 0 atom stereocenters. The Morgan fingerprint density at radius 3 is 2.06 bits per heavy atom. The van der Waals surface area contributed by atoms with Crippen LogP contribution in [0.15, 0.2) is 24.3 Å². The topological polar surface area (TPSA) is 46.2 Å². The van der Waals surface area contributed by atoms with Crippen LogP contribution in [0.2, 0.25) is 0 Å². The summed E-state index contributed by atoms with van der Waals surface area (Å²) in [5.41, 5.74) is 1.44. The van der Waals surface area contributed by atoms with Gasteiger partial charge in [0.25, 0.3) is 0 Å². The van der Waals surface area contributed by atoms with Crippen molar-refractivity contribution in [2.24, 2.45) is 5.92 Å². The van der Waals surface area contributed by atoms with Gasteiger partial charge in [-0.25, -0.2) is 0 Å². The molecule has 0 spiro atoms. The maximum Gasteiger partial charge on any atom is 0.221 e. The Morgan fingerprint density at radius 2 is 1.65 bits per heavy atom. The number of carbonyl (C=O) groups is 2. The van der Waals surface area contributed by atoms with Crippen LogP contribution in [-0.4, -0.2) is 11.7 Å². The van der Waals surface area contributed by atoms with E-state index in [1.54, 1.807) is 24.3 Å². The fraction of sp³-hybridized carbons (Fsp3) is 0.429. The van der Waals surface area contributed by atoms with Gasteiger partial charge in [0.05, 0.1) is 0 Å². The van der Waals surface area contributed by atoms with Crippen molar-refractivity contribution in [2.75, 3.05) is 5.32 Å². The van der Waals surface area contributed by atoms with E-state index in [-0.39, 0.29) is 17.6 Å². The van der Waals surface area contributed by atoms with Crippen LogP contribution in [0.25, 0.3) is 0 Å². The molecule has 0 aliphatic carbocycles. The lowest BCUT2D eigenvalue weighted by Gasteiger charge is -2.11. The van der Waals surface area contributed by atoms with Gasteiger partial charge in [-0.1, -0.05) is 13.8 Å². The number of ketones is 1. The molecule has 17 heavy (non-hydrogen) atoms. The van der Waals surface area contributed by atoms with Gasteiger partial charge in [-0.2, -0.15) is 0 Å². The summed E-state index contributed by atoms with van der Waals surface area (Å²) in [6.07, 6.45) is 1.73. The lowest BCUT2D eigenvalue weighted by molar-refractivity contribution is -0.114. The fourth-order valence-electron chi connectivity index (χ4n) is 1.82. The summed E-state index contributed by atoms with van der Waals surface area (Å²) in [6, 6.07) is 7.06. The van der Waals surface area contributed by atoms with E-state index < -0.39 is 0 Å². The minimum atomic E-state index is -0.107. The molecule has 1 aromatic carbocycles. The first-order valence-electron chi connectivity index (χ1n) is 6.00. The molecule has 1 rings (SSSR count).